The molecule has 0 aliphatic rings. The van der Waals surface area contributed by atoms with Crippen LogP contribution in [-0.2, 0) is 0 Å². The Morgan fingerprint density at radius 1 is 0.941 bits per heavy atom. The summed E-state index contributed by atoms with van der Waals surface area (Å²) in [4.78, 5) is 0. The summed E-state index contributed by atoms with van der Waals surface area (Å²) in [6.07, 6.45) is 1.15. The fourth-order valence-corrected chi connectivity index (χ4v) is 1.66. The Hall–Kier alpha value is -2.42. The number of rotatable bonds is 3. The second kappa shape index (κ2) is 5.07. The highest BCUT2D eigenvalue weighted by Crippen LogP contribution is 2.19. The molecule has 3 nitrogen and oxygen atoms in total. The van der Waals surface area contributed by atoms with E-state index in [0.29, 0.717) is 5.71 Å². The number of nitrogens with zero attached hydrogens (tertiary/aromatic N) is 1. The van der Waals surface area contributed by atoms with Gasteiger partial charge in [0.05, 0.1) is 0 Å². The van der Waals surface area contributed by atoms with Gasteiger partial charge in [0.25, 0.3) is 0 Å². The van der Waals surface area contributed by atoms with Gasteiger partial charge in [0.2, 0.25) is 0 Å². The van der Waals surface area contributed by atoms with Crippen molar-refractivity contribution < 1.29 is 0 Å². The van der Waals surface area contributed by atoms with Gasteiger partial charge in [0.15, 0.2) is 0 Å². The van der Waals surface area contributed by atoms with Gasteiger partial charge < -0.3 is 11.3 Å². The summed E-state index contributed by atoms with van der Waals surface area (Å²) in [5, 5.41) is 10.7. The van der Waals surface area contributed by atoms with Gasteiger partial charge in [-0.3, -0.25) is 0 Å². The molecule has 3 heteroatoms. The van der Waals surface area contributed by atoms with Crippen LogP contribution in [0.15, 0.2) is 59.7 Å². The molecule has 84 valence electrons. The fourth-order valence-electron chi connectivity index (χ4n) is 1.66. The van der Waals surface area contributed by atoms with Crippen LogP contribution in [0.2, 0.25) is 0 Å². The first-order chi connectivity index (χ1) is 8.35. The lowest BCUT2D eigenvalue weighted by molar-refractivity contribution is 1.25. The van der Waals surface area contributed by atoms with E-state index in [4.69, 9.17) is 11.3 Å². The van der Waals surface area contributed by atoms with Crippen LogP contribution < -0.4 is 5.84 Å². The molecule has 2 aromatic rings. The van der Waals surface area contributed by atoms with Gasteiger partial charge in [-0.15, -0.1) is 0 Å². The van der Waals surface area contributed by atoms with Crippen LogP contribution in [0.25, 0.3) is 11.1 Å². The smallest absolute Gasteiger partial charge is 0.107 e. The Balaban J connectivity index is 2.34. The highest BCUT2D eigenvalue weighted by Gasteiger charge is 2.01. The Kier molecular flexibility index (Phi) is 3.31. The predicted molar refractivity (Wildman–Crippen MR) is 71.4 cm³/mol. The quantitative estimate of drug-likeness (QED) is 0.469. The van der Waals surface area contributed by atoms with Gasteiger partial charge in [0, 0.05) is 11.8 Å². The van der Waals surface area contributed by atoms with E-state index in [1.165, 1.54) is 5.56 Å². The monoisotopic (exact) mass is 223 g/mol. The molecule has 0 amide bonds. The zero-order chi connectivity index (χ0) is 12.1. The van der Waals surface area contributed by atoms with Crippen molar-refractivity contribution in [2.45, 2.75) is 0 Å². The number of nitrogens with two attached hydrogens (primary N) is 1. The van der Waals surface area contributed by atoms with E-state index in [9.17, 15) is 0 Å². The summed E-state index contributed by atoms with van der Waals surface area (Å²) in [7, 11) is 0. The number of hydrogen-bond acceptors (Lipinski definition) is 3. The van der Waals surface area contributed by atoms with Crippen molar-refractivity contribution in [2.75, 3.05) is 0 Å². The van der Waals surface area contributed by atoms with Crippen molar-refractivity contribution in [3.63, 3.8) is 0 Å². The number of benzene rings is 2. The van der Waals surface area contributed by atoms with Gasteiger partial charge in [-0.05, 0) is 11.1 Å². The largest absolute Gasteiger partial charge is 0.323 e. The molecule has 0 aliphatic carbocycles. The molecule has 2 aromatic carbocycles. The Labute approximate surface area is 100 Å². The molecular weight excluding hydrogens is 210 g/mol. The molecule has 0 unspecified atom stereocenters. The van der Waals surface area contributed by atoms with E-state index < -0.39 is 0 Å². The van der Waals surface area contributed by atoms with Crippen LogP contribution in [0.5, 0.6) is 0 Å². The first-order valence-corrected chi connectivity index (χ1v) is 5.29. The third kappa shape index (κ3) is 2.39. The molecule has 0 saturated carbocycles. The molecule has 0 radical (unpaired) electrons. The van der Waals surface area contributed by atoms with E-state index in [1.54, 1.807) is 0 Å². The molecule has 0 heterocycles. The molecule has 0 bridgehead atoms. The molecule has 0 aliphatic heterocycles. The summed E-state index contributed by atoms with van der Waals surface area (Å²) in [6.45, 7) is 0. The van der Waals surface area contributed by atoms with Crippen LogP contribution in [-0.4, -0.2) is 11.9 Å². The highest BCUT2D eigenvalue weighted by atomic mass is 15.1. The van der Waals surface area contributed by atoms with Crippen molar-refractivity contribution in [1.82, 2.24) is 0 Å². The van der Waals surface area contributed by atoms with Crippen LogP contribution >= 0.6 is 0 Å². The van der Waals surface area contributed by atoms with Crippen molar-refractivity contribution >= 4 is 11.9 Å². The number of nitrogens with one attached hydrogen (secondary N) is 1. The van der Waals surface area contributed by atoms with Gasteiger partial charge in [-0.2, -0.15) is 5.10 Å². The molecule has 0 spiro atoms. The Morgan fingerprint density at radius 2 is 1.53 bits per heavy atom. The van der Waals surface area contributed by atoms with Crippen LogP contribution in [0.4, 0.5) is 0 Å². The summed E-state index contributed by atoms with van der Waals surface area (Å²) in [5.41, 5.74) is 3.63. The first-order valence-electron chi connectivity index (χ1n) is 5.29. The normalized spacial score (nSPS) is 11.2. The van der Waals surface area contributed by atoms with Crippen molar-refractivity contribution in [1.29, 1.82) is 5.41 Å². The lowest BCUT2D eigenvalue weighted by atomic mass is 10.0. The average molecular weight is 223 g/mol. The van der Waals surface area contributed by atoms with Crippen LogP contribution in [0.3, 0.4) is 0 Å². The SMILES string of the molecule is N=C/C(=N\N)c1ccc(-c2ccccc2)cc1. The van der Waals surface area contributed by atoms with E-state index in [2.05, 4.69) is 17.2 Å². The molecule has 0 fully saturated rings. The molecular formula is C14H13N3. The van der Waals surface area contributed by atoms with Gasteiger partial charge in [0.1, 0.15) is 5.71 Å². The molecule has 2 rings (SSSR count). The topological polar surface area (TPSA) is 62.2 Å². The predicted octanol–water partition coefficient (Wildman–Crippen LogP) is 2.67. The number of hydrogen-bond donors (Lipinski definition) is 2. The zero-order valence-electron chi connectivity index (χ0n) is 9.30. The van der Waals surface area contributed by atoms with E-state index in [1.807, 2.05) is 42.5 Å². The van der Waals surface area contributed by atoms with Gasteiger partial charge in [-0.25, -0.2) is 0 Å². The zero-order valence-corrected chi connectivity index (χ0v) is 9.30. The van der Waals surface area contributed by atoms with Crippen molar-refractivity contribution in [2.24, 2.45) is 10.9 Å². The molecule has 0 aromatic heterocycles. The lowest BCUT2D eigenvalue weighted by Gasteiger charge is -2.03. The van der Waals surface area contributed by atoms with Crippen LogP contribution in [0, 0.1) is 5.41 Å². The minimum absolute atomic E-state index is 0.476. The van der Waals surface area contributed by atoms with Crippen LogP contribution in [0.1, 0.15) is 5.56 Å². The van der Waals surface area contributed by atoms with E-state index >= 15 is 0 Å². The maximum Gasteiger partial charge on any atom is 0.107 e. The highest BCUT2D eigenvalue weighted by molar-refractivity contribution is 6.37. The fraction of sp³-hybridized carbons (Fsp3) is 0. The number of hydrazone groups is 1. The summed E-state index contributed by atoms with van der Waals surface area (Å²) < 4.78 is 0. The van der Waals surface area contributed by atoms with Crippen molar-refractivity contribution in [3.8, 4) is 11.1 Å². The van der Waals surface area contributed by atoms with E-state index in [0.717, 1.165) is 17.3 Å². The third-order valence-corrected chi connectivity index (χ3v) is 2.56. The van der Waals surface area contributed by atoms with E-state index in [-0.39, 0.29) is 0 Å². The minimum atomic E-state index is 0.476. The van der Waals surface area contributed by atoms with Gasteiger partial charge in [-0.1, -0.05) is 54.6 Å². The summed E-state index contributed by atoms with van der Waals surface area (Å²) >= 11 is 0. The first kappa shape index (κ1) is 11.1. The summed E-state index contributed by atoms with van der Waals surface area (Å²) in [5.74, 6) is 5.20. The maximum atomic E-state index is 7.18. The lowest BCUT2D eigenvalue weighted by Crippen LogP contribution is -2.04. The average Bonchev–Trinajstić information content (AvgIpc) is 2.42. The molecule has 3 N–H and O–H groups in total. The molecule has 17 heavy (non-hydrogen) atoms. The Morgan fingerprint density at radius 3 is 2.06 bits per heavy atom. The second-order valence-corrected chi connectivity index (χ2v) is 3.60. The second-order valence-electron chi connectivity index (χ2n) is 3.60. The van der Waals surface area contributed by atoms with Gasteiger partial charge >= 0.3 is 0 Å². The minimum Gasteiger partial charge on any atom is -0.323 e. The maximum absolute atomic E-state index is 7.18. The molecule has 0 atom stereocenters. The Bertz CT molecular complexity index is 527. The van der Waals surface area contributed by atoms with Crippen molar-refractivity contribution in [3.05, 3.63) is 60.2 Å². The summed E-state index contributed by atoms with van der Waals surface area (Å²) in [6, 6.07) is 18.0. The standard InChI is InChI=1S/C14H13N3/c15-10-14(17-16)13-8-6-12(7-9-13)11-4-2-1-3-5-11/h1-10,15H,16H2/b15-10?,17-14+. The third-order valence-electron chi connectivity index (χ3n) is 2.56. The molecule has 0 saturated heterocycles.